The minimum absolute atomic E-state index is 0.00321. The Hall–Kier alpha value is -2.15. The van der Waals surface area contributed by atoms with Crippen molar-refractivity contribution in [3.05, 3.63) is 33.4 Å². The molecule has 1 unspecified atom stereocenters. The average Bonchev–Trinajstić information content (AvgIpc) is 3.04. The van der Waals surface area contributed by atoms with Crippen LogP contribution in [0.4, 0.5) is 0 Å². The van der Waals surface area contributed by atoms with Crippen LogP contribution in [-0.4, -0.2) is 52.4 Å². The second kappa shape index (κ2) is 6.39. The van der Waals surface area contributed by atoms with E-state index in [1.54, 1.807) is 22.8 Å². The van der Waals surface area contributed by atoms with Gasteiger partial charge >= 0.3 is 0 Å². The SMILES string of the molecule is CC(=O)N1CCN(C(=O)C(C)n2c(C)cc(=O)c3sccc32)CC1. The zero-order valence-electron chi connectivity index (χ0n) is 14.1. The fourth-order valence-corrected chi connectivity index (χ4v) is 4.12. The molecule has 6 nitrogen and oxygen atoms in total. The highest BCUT2D eigenvalue weighted by Gasteiger charge is 2.27. The summed E-state index contributed by atoms with van der Waals surface area (Å²) >= 11 is 1.40. The first kappa shape index (κ1) is 16.7. The Morgan fingerprint density at radius 1 is 1.17 bits per heavy atom. The van der Waals surface area contributed by atoms with Crippen molar-refractivity contribution in [1.29, 1.82) is 0 Å². The van der Waals surface area contributed by atoms with Crippen molar-refractivity contribution in [2.45, 2.75) is 26.8 Å². The van der Waals surface area contributed by atoms with Crippen LogP contribution in [-0.2, 0) is 9.59 Å². The third-order valence-corrected chi connectivity index (χ3v) is 5.55. The monoisotopic (exact) mass is 347 g/mol. The van der Waals surface area contributed by atoms with Crippen molar-refractivity contribution in [3.63, 3.8) is 0 Å². The topological polar surface area (TPSA) is 62.6 Å². The van der Waals surface area contributed by atoms with Crippen LogP contribution in [0.1, 0.15) is 25.6 Å². The van der Waals surface area contributed by atoms with E-state index in [1.165, 1.54) is 11.3 Å². The molecule has 0 spiro atoms. The summed E-state index contributed by atoms with van der Waals surface area (Å²) < 4.78 is 2.62. The van der Waals surface area contributed by atoms with Crippen LogP contribution in [0, 0.1) is 6.92 Å². The summed E-state index contributed by atoms with van der Waals surface area (Å²) in [5.74, 6) is 0.0730. The Kier molecular flexibility index (Phi) is 4.45. The number of rotatable bonds is 2. The summed E-state index contributed by atoms with van der Waals surface area (Å²) in [6.45, 7) is 7.53. The number of thiophene rings is 1. The molecule has 0 aliphatic carbocycles. The molecule has 128 valence electrons. The Balaban J connectivity index is 1.86. The number of aryl methyl sites for hydroxylation is 1. The molecular formula is C17H21N3O3S. The van der Waals surface area contributed by atoms with Gasteiger partial charge in [-0.3, -0.25) is 14.4 Å². The lowest BCUT2D eigenvalue weighted by atomic mass is 10.2. The van der Waals surface area contributed by atoms with Gasteiger partial charge in [-0.05, 0) is 25.3 Å². The number of hydrogen-bond donors (Lipinski definition) is 0. The smallest absolute Gasteiger partial charge is 0.245 e. The lowest BCUT2D eigenvalue weighted by molar-refractivity contribution is -0.140. The molecule has 1 saturated heterocycles. The molecule has 0 aromatic carbocycles. The number of amides is 2. The van der Waals surface area contributed by atoms with E-state index in [-0.39, 0.29) is 23.3 Å². The maximum absolute atomic E-state index is 12.9. The van der Waals surface area contributed by atoms with E-state index in [4.69, 9.17) is 0 Å². The molecule has 1 aliphatic rings. The van der Waals surface area contributed by atoms with Crippen molar-refractivity contribution >= 4 is 33.4 Å². The van der Waals surface area contributed by atoms with Crippen molar-refractivity contribution < 1.29 is 9.59 Å². The van der Waals surface area contributed by atoms with Gasteiger partial charge in [0.1, 0.15) is 6.04 Å². The van der Waals surface area contributed by atoms with Gasteiger partial charge in [0.05, 0.1) is 10.2 Å². The van der Waals surface area contributed by atoms with E-state index >= 15 is 0 Å². The van der Waals surface area contributed by atoms with Crippen molar-refractivity contribution in [2.24, 2.45) is 0 Å². The minimum Gasteiger partial charge on any atom is -0.339 e. The fraction of sp³-hybridized carbons (Fsp3) is 0.471. The quantitative estimate of drug-likeness (QED) is 0.829. The van der Waals surface area contributed by atoms with Crippen molar-refractivity contribution in [2.75, 3.05) is 26.2 Å². The average molecular weight is 347 g/mol. The summed E-state index contributed by atoms with van der Waals surface area (Å²) in [6, 6.07) is 3.11. The minimum atomic E-state index is -0.383. The third-order valence-electron chi connectivity index (χ3n) is 4.63. The first-order chi connectivity index (χ1) is 11.4. The number of nitrogens with zero attached hydrogens (tertiary/aromatic N) is 3. The molecule has 0 N–H and O–H groups in total. The lowest BCUT2D eigenvalue weighted by Crippen LogP contribution is -2.51. The molecule has 2 amide bonds. The predicted molar refractivity (Wildman–Crippen MR) is 94.4 cm³/mol. The van der Waals surface area contributed by atoms with E-state index < -0.39 is 0 Å². The van der Waals surface area contributed by atoms with Gasteiger partial charge in [-0.15, -0.1) is 11.3 Å². The molecule has 0 bridgehead atoms. The number of fused-ring (bicyclic) bond motifs is 1. The number of carbonyl (C=O) groups is 2. The van der Waals surface area contributed by atoms with Gasteiger partial charge in [-0.25, -0.2) is 0 Å². The molecule has 2 aromatic rings. The van der Waals surface area contributed by atoms with E-state index in [2.05, 4.69) is 0 Å². The molecular weight excluding hydrogens is 326 g/mol. The Labute approximate surface area is 144 Å². The number of aromatic nitrogens is 1. The maximum atomic E-state index is 12.9. The molecule has 0 saturated carbocycles. The van der Waals surface area contributed by atoms with E-state index in [0.29, 0.717) is 30.9 Å². The summed E-state index contributed by atoms with van der Waals surface area (Å²) in [5, 5.41) is 1.88. The summed E-state index contributed by atoms with van der Waals surface area (Å²) in [6.07, 6.45) is 0. The molecule has 1 fully saturated rings. The molecule has 1 atom stereocenters. The number of piperazine rings is 1. The second-order valence-corrected chi connectivity index (χ2v) is 7.08. The first-order valence-electron chi connectivity index (χ1n) is 8.04. The number of hydrogen-bond acceptors (Lipinski definition) is 4. The third kappa shape index (κ3) is 2.84. The van der Waals surface area contributed by atoms with Crippen LogP contribution in [0.25, 0.3) is 10.2 Å². The Morgan fingerprint density at radius 3 is 2.42 bits per heavy atom. The normalized spacial score (nSPS) is 16.5. The molecule has 0 radical (unpaired) electrons. The van der Waals surface area contributed by atoms with Gasteiger partial charge in [0.25, 0.3) is 0 Å². The summed E-state index contributed by atoms with van der Waals surface area (Å²) in [4.78, 5) is 40.0. The van der Waals surface area contributed by atoms with Crippen LogP contribution in [0.5, 0.6) is 0 Å². The fourth-order valence-electron chi connectivity index (χ4n) is 3.32. The van der Waals surface area contributed by atoms with Gasteiger partial charge in [0.2, 0.25) is 11.8 Å². The van der Waals surface area contributed by atoms with Crippen LogP contribution in [0.3, 0.4) is 0 Å². The van der Waals surface area contributed by atoms with Gasteiger partial charge < -0.3 is 14.4 Å². The Morgan fingerprint density at radius 2 is 1.79 bits per heavy atom. The van der Waals surface area contributed by atoms with Crippen LogP contribution in [0.15, 0.2) is 22.3 Å². The summed E-state index contributed by atoms with van der Waals surface area (Å²) in [7, 11) is 0. The van der Waals surface area contributed by atoms with Gasteiger partial charge in [0.15, 0.2) is 5.43 Å². The first-order valence-corrected chi connectivity index (χ1v) is 8.91. The number of pyridine rings is 1. The molecule has 3 heterocycles. The van der Waals surface area contributed by atoms with Crippen LogP contribution >= 0.6 is 11.3 Å². The second-order valence-electron chi connectivity index (χ2n) is 6.16. The molecule has 24 heavy (non-hydrogen) atoms. The van der Waals surface area contributed by atoms with Gasteiger partial charge in [-0.1, -0.05) is 0 Å². The zero-order chi connectivity index (χ0) is 17.4. The largest absolute Gasteiger partial charge is 0.339 e. The molecule has 2 aromatic heterocycles. The molecule has 1 aliphatic heterocycles. The van der Waals surface area contributed by atoms with Crippen LogP contribution < -0.4 is 5.43 Å². The summed E-state index contributed by atoms with van der Waals surface area (Å²) in [5.41, 5.74) is 1.60. The molecule has 7 heteroatoms. The maximum Gasteiger partial charge on any atom is 0.245 e. The van der Waals surface area contributed by atoms with E-state index in [0.717, 1.165) is 11.2 Å². The highest BCUT2D eigenvalue weighted by atomic mass is 32.1. The predicted octanol–water partition coefficient (Wildman–Crippen LogP) is 1.62. The van der Waals surface area contributed by atoms with Gasteiger partial charge in [-0.2, -0.15) is 0 Å². The number of carbonyl (C=O) groups excluding carboxylic acids is 2. The lowest BCUT2D eigenvalue weighted by Gasteiger charge is -2.36. The molecule has 3 rings (SSSR count). The van der Waals surface area contributed by atoms with Crippen LogP contribution in [0.2, 0.25) is 0 Å². The van der Waals surface area contributed by atoms with Gasteiger partial charge in [0, 0.05) is 44.9 Å². The highest BCUT2D eigenvalue weighted by molar-refractivity contribution is 7.17. The Bertz CT molecular complexity index is 846. The van der Waals surface area contributed by atoms with Crippen molar-refractivity contribution in [1.82, 2.24) is 14.4 Å². The van der Waals surface area contributed by atoms with Crippen molar-refractivity contribution in [3.8, 4) is 0 Å². The van der Waals surface area contributed by atoms with E-state index in [9.17, 15) is 14.4 Å². The highest BCUT2D eigenvalue weighted by Crippen LogP contribution is 2.24. The zero-order valence-corrected chi connectivity index (χ0v) is 14.9. The van der Waals surface area contributed by atoms with E-state index in [1.807, 2.05) is 29.9 Å². The standard InChI is InChI=1S/C17H21N3O3S/c1-11-10-15(22)16-14(4-9-24-16)20(11)12(2)17(23)19-7-5-18(6-8-19)13(3)21/h4,9-10,12H,5-8H2,1-3H3.